The van der Waals surface area contributed by atoms with Crippen molar-refractivity contribution < 1.29 is 17.9 Å². The summed E-state index contributed by atoms with van der Waals surface area (Å²) in [6.07, 6.45) is 0. The highest BCUT2D eigenvalue weighted by atomic mass is 32.2. The summed E-state index contributed by atoms with van der Waals surface area (Å²) in [6, 6.07) is 14.3. The molecule has 0 aliphatic carbocycles. The fourth-order valence-electron chi connectivity index (χ4n) is 1.96. The van der Waals surface area contributed by atoms with Crippen LogP contribution in [0.15, 0.2) is 48.5 Å². The van der Waals surface area contributed by atoms with Crippen LogP contribution in [0.3, 0.4) is 0 Å². The van der Waals surface area contributed by atoms with E-state index in [1.165, 1.54) is 13.0 Å². The molecule has 0 aliphatic rings. The van der Waals surface area contributed by atoms with Crippen LogP contribution >= 0.6 is 0 Å². The lowest BCUT2D eigenvalue weighted by atomic mass is 10.1. The summed E-state index contributed by atoms with van der Waals surface area (Å²) in [6.45, 7) is 4.90. The minimum Gasteiger partial charge on any atom is -0.487 e. The number of ether oxygens (including phenoxy) is 1. The Morgan fingerprint density at radius 2 is 1.79 bits per heavy atom. The van der Waals surface area contributed by atoms with Gasteiger partial charge in [-0.2, -0.15) is 0 Å². The Balaban J connectivity index is 2.30. The van der Waals surface area contributed by atoms with Gasteiger partial charge in [0.1, 0.15) is 12.4 Å². The number of hydrogen-bond acceptors (Lipinski definition) is 4. The largest absolute Gasteiger partial charge is 0.487 e. The number of carbonyl (C=O) groups is 1. The van der Waals surface area contributed by atoms with E-state index in [-0.39, 0.29) is 11.5 Å². The van der Waals surface area contributed by atoms with Crippen molar-refractivity contribution in [3.8, 4) is 5.75 Å². The van der Waals surface area contributed by atoms with E-state index >= 15 is 0 Å². The summed E-state index contributed by atoms with van der Waals surface area (Å²) >= 11 is 0. The van der Waals surface area contributed by atoms with Gasteiger partial charge < -0.3 is 4.74 Å². The van der Waals surface area contributed by atoms with Gasteiger partial charge in [-0.05, 0) is 44.5 Å². The smallest absolute Gasteiger partial charge is 0.235 e. The van der Waals surface area contributed by atoms with Gasteiger partial charge in [-0.15, -0.1) is 0 Å². The van der Waals surface area contributed by atoms with Crippen molar-refractivity contribution >= 4 is 21.5 Å². The van der Waals surface area contributed by atoms with E-state index < -0.39 is 15.3 Å². The molecule has 0 saturated carbocycles. The third-order valence-corrected chi connectivity index (χ3v) is 5.24. The second-order valence-electron chi connectivity index (χ2n) is 5.74. The van der Waals surface area contributed by atoms with Gasteiger partial charge >= 0.3 is 0 Å². The Labute approximate surface area is 142 Å². The normalized spacial score (nSPS) is 11.3. The Bertz CT molecular complexity index is 814. The maximum Gasteiger partial charge on any atom is 0.235 e. The number of carbonyl (C=O) groups excluding carboxylic acids is 1. The first-order valence-corrected chi connectivity index (χ1v) is 9.17. The van der Waals surface area contributed by atoms with Crippen LogP contribution in [0.1, 0.15) is 36.7 Å². The Morgan fingerprint density at radius 1 is 1.12 bits per heavy atom. The third-order valence-electron chi connectivity index (χ3n) is 3.50. The van der Waals surface area contributed by atoms with Crippen molar-refractivity contribution in [2.24, 2.45) is 0 Å². The predicted octanol–water partition coefficient (Wildman–Crippen LogP) is 3.62. The highest BCUT2D eigenvalue weighted by Crippen LogP contribution is 2.28. The predicted molar refractivity (Wildman–Crippen MR) is 94.9 cm³/mol. The van der Waals surface area contributed by atoms with Crippen LogP contribution in [0.2, 0.25) is 0 Å². The molecule has 2 rings (SSSR count). The quantitative estimate of drug-likeness (QED) is 0.777. The van der Waals surface area contributed by atoms with Gasteiger partial charge in [0.15, 0.2) is 5.78 Å². The van der Waals surface area contributed by atoms with Gasteiger partial charge in [0.2, 0.25) is 10.0 Å². The Kier molecular flexibility index (Phi) is 5.62. The Morgan fingerprint density at radius 3 is 2.38 bits per heavy atom. The van der Waals surface area contributed by atoms with E-state index in [9.17, 15) is 13.2 Å². The zero-order valence-corrected chi connectivity index (χ0v) is 14.8. The second-order valence-corrected chi connectivity index (χ2v) is 7.97. The molecular formula is C18H21NO4S. The Hall–Kier alpha value is -2.34. The third kappa shape index (κ3) is 4.58. The molecule has 0 heterocycles. The number of sulfonamides is 1. The van der Waals surface area contributed by atoms with Gasteiger partial charge in [-0.3, -0.25) is 9.52 Å². The molecule has 0 atom stereocenters. The van der Waals surface area contributed by atoms with Crippen molar-refractivity contribution in [2.45, 2.75) is 32.6 Å². The summed E-state index contributed by atoms with van der Waals surface area (Å²) in [7, 11) is -3.54. The number of benzene rings is 2. The van der Waals surface area contributed by atoms with Crippen molar-refractivity contribution in [3.05, 3.63) is 59.7 Å². The van der Waals surface area contributed by atoms with E-state index in [1.807, 2.05) is 30.3 Å². The molecule has 24 heavy (non-hydrogen) atoms. The van der Waals surface area contributed by atoms with Gasteiger partial charge in [0.25, 0.3) is 0 Å². The fourth-order valence-corrected chi connectivity index (χ4v) is 2.66. The molecule has 0 bridgehead atoms. The topological polar surface area (TPSA) is 72.5 Å². The molecule has 0 radical (unpaired) electrons. The molecule has 0 aromatic heterocycles. The molecule has 5 nitrogen and oxygen atoms in total. The minimum atomic E-state index is -3.54. The summed E-state index contributed by atoms with van der Waals surface area (Å²) in [5.74, 6) is 0.239. The van der Waals surface area contributed by atoms with Crippen molar-refractivity contribution in [1.82, 2.24) is 0 Å². The first kappa shape index (κ1) is 18.0. The molecule has 0 amide bonds. The van der Waals surface area contributed by atoms with Crippen LogP contribution in [0.4, 0.5) is 5.69 Å². The molecule has 0 aliphatic heterocycles. The van der Waals surface area contributed by atoms with Crippen LogP contribution in [0.25, 0.3) is 0 Å². The summed E-state index contributed by atoms with van der Waals surface area (Å²) in [5.41, 5.74) is 1.65. The van der Waals surface area contributed by atoms with Crippen LogP contribution in [-0.4, -0.2) is 19.5 Å². The standard InChI is InChI=1S/C18H21NO4S/c1-13(2)24(21,22)19-17-11-16(14(3)20)9-10-18(17)23-12-15-7-5-4-6-8-15/h4-11,13,19H,12H2,1-3H3. The average molecular weight is 347 g/mol. The molecule has 0 unspecified atom stereocenters. The first-order chi connectivity index (χ1) is 11.3. The first-order valence-electron chi connectivity index (χ1n) is 7.63. The maximum absolute atomic E-state index is 12.2. The molecule has 2 aromatic carbocycles. The van der Waals surface area contributed by atoms with Crippen LogP contribution < -0.4 is 9.46 Å². The van der Waals surface area contributed by atoms with Crippen molar-refractivity contribution in [2.75, 3.05) is 4.72 Å². The lowest BCUT2D eigenvalue weighted by Gasteiger charge is -2.16. The number of rotatable bonds is 7. The lowest BCUT2D eigenvalue weighted by Crippen LogP contribution is -2.23. The molecule has 0 spiro atoms. The minimum absolute atomic E-state index is 0.144. The van der Waals surface area contributed by atoms with Gasteiger partial charge in [-0.25, -0.2) is 8.42 Å². The van der Waals surface area contributed by atoms with E-state index in [1.54, 1.807) is 26.0 Å². The highest BCUT2D eigenvalue weighted by molar-refractivity contribution is 7.93. The van der Waals surface area contributed by atoms with E-state index in [4.69, 9.17) is 4.74 Å². The lowest BCUT2D eigenvalue weighted by molar-refractivity contribution is 0.101. The van der Waals surface area contributed by atoms with Gasteiger partial charge in [0, 0.05) is 5.56 Å². The summed E-state index contributed by atoms with van der Waals surface area (Å²) in [4.78, 5) is 11.6. The molecule has 0 saturated heterocycles. The maximum atomic E-state index is 12.2. The average Bonchev–Trinajstić information content (AvgIpc) is 2.54. The highest BCUT2D eigenvalue weighted by Gasteiger charge is 2.19. The number of hydrogen-bond donors (Lipinski definition) is 1. The monoisotopic (exact) mass is 347 g/mol. The molecule has 0 fully saturated rings. The molecule has 2 aromatic rings. The van der Waals surface area contributed by atoms with E-state index in [0.29, 0.717) is 17.9 Å². The molecular weight excluding hydrogens is 326 g/mol. The van der Waals surface area contributed by atoms with E-state index in [0.717, 1.165) is 5.56 Å². The number of Topliss-reactive ketones (excluding diaryl/α,β-unsaturated/α-hetero) is 1. The zero-order chi connectivity index (χ0) is 17.7. The second kappa shape index (κ2) is 7.49. The van der Waals surface area contributed by atoms with Gasteiger partial charge in [-0.1, -0.05) is 30.3 Å². The van der Waals surface area contributed by atoms with Gasteiger partial charge in [0.05, 0.1) is 10.9 Å². The zero-order valence-electron chi connectivity index (χ0n) is 13.9. The number of nitrogens with one attached hydrogen (secondary N) is 1. The fraction of sp³-hybridized carbons (Fsp3) is 0.278. The van der Waals surface area contributed by atoms with Crippen LogP contribution in [0.5, 0.6) is 5.75 Å². The van der Waals surface area contributed by atoms with Crippen molar-refractivity contribution in [1.29, 1.82) is 0 Å². The van der Waals surface area contributed by atoms with Crippen LogP contribution in [-0.2, 0) is 16.6 Å². The number of anilines is 1. The molecule has 6 heteroatoms. The molecule has 1 N–H and O–H groups in total. The SMILES string of the molecule is CC(=O)c1ccc(OCc2ccccc2)c(NS(=O)(=O)C(C)C)c1. The number of ketones is 1. The van der Waals surface area contributed by atoms with Crippen molar-refractivity contribution in [3.63, 3.8) is 0 Å². The summed E-state index contributed by atoms with van der Waals surface area (Å²) in [5, 5.41) is -0.597. The summed E-state index contributed by atoms with van der Waals surface area (Å²) < 4.78 is 32.6. The van der Waals surface area contributed by atoms with Crippen LogP contribution in [0, 0.1) is 0 Å². The van der Waals surface area contributed by atoms with E-state index in [2.05, 4.69) is 4.72 Å². The molecule has 128 valence electrons.